The predicted molar refractivity (Wildman–Crippen MR) is 112 cm³/mol. The van der Waals surface area contributed by atoms with Gasteiger partial charge in [0.25, 0.3) is 5.56 Å². The Bertz CT molecular complexity index is 1060. The lowest BCUT2D eigenvalue weighted by Crippen LogP contribution is -2.20. The molecule has 2 heterocycles. The van der Waals surface area contributed by atoms with Crippen LogP contribution in [-0.2, 0) is 11.3 Å². The van der Waals surface area contributed by atoms with Crippen molar-refractivity contribution in [3.8, 4) is 11.1 Å². The second-order valence-corrected chi connectivity index (χ2v) is 7.01. The molecule has 0 spiro atoms. The van der Waals surface area contributed by atoms with Gasteiger partial charge in [0.05, 0.1) is 17.2 Å². The lowest BCUT2D eigenvalue weighted by molar-refractivity contribution is -0.116. The van der Waals surface area contributed by atoms with Crippen molar-refractivity contribution >= 4 is 22.6 Å². The van der Waals surface area contributed by atoms with Crippen LogP contribution in [0.2, 0.25) is 0 Å². The number of nitrogens with one attached hydrogen (secondary N) is 1. The van der Waals surface area contributed by atoms with Gasteiger partial charge in [-0.2, -0.15) is 0 Å². The summed E-state index contributed by atoms with van der Waals surface area (Å²) in [6, 6.07) is 7.55. The zero-order valence-electron chi connectivity index (χ0n) is 16.7. The number of amides is 1. The van der Waals surface area contributed by atoms with Gasteiger partial charge in [-0.15, -0.1) is 0 Å². The average molecular weight is 378 g/mol. The summed E-state index contributed by atoms with van der Waals surface area (Å²) in [6.45, 7) is 6.71. The number of rotatable bonds is 7. The number of nitrogens with zero attached hydrogens (tertiary/aromatic N) is 3. The first-order valence-corrected chi connectivity index (χ1v) is 9.79. The highest BCUT2D eigenvalue weighted by molar-refractivity contribution is 5.90. The Kier molecular flexibility index (Phi) is 6.19. The summed E-state index contributed by atoms with van der Waals surface area (Å²) in [4.78, 5) is 33.4. The fourth-order valence-corrected chi connectivity index (χ4v) is 3.20. The number of fused-ring (bicyclic) bond motifs is 1. The van der Waals surface area contributed by atoms with Crippen LogP contribution in [0, 0.1) is 6.92 Å². The lowest BCUT2D eigenvalue weighted by Gasteiger charge is -2.10. The Morgan fingerprint density at radius 3 is 2.68 bits per heavy atom. The molecule has 6 nitrogen and oxygen atoms in total. The molecule has 0 bridgehead atoms. The molecule has 6 heteroatoms. The fourth-order valence-electron chi connectivity index (χ4n) is 3.20. The third-order valence-corrected chi connectivity index (χ3v) is 4.74. The molecule has 0 saturated carbocycles. The second-order valence-electron chi connectivity index (χ2n) is 7.01. The maximum atomic E-state index is 12.7. The molecular weight excluding hydrogens is 352 g/mol. The molecule has 2 aromatic heterocycles. The van der Waals surface area contributed by atoms with Gasteiger partial charge >= 0.3 is 0 Å². The van der Waals surface area contributed by atoms with E-state index < -0.39 is 0 Å². The third kappa shape index (κ3) is 4.27. The van der Waals surface area contributed by atoms with E-state index in [4.69, 9.17) is 0 Å². The van der Waals surface area contributed by atoms with Crippen molar-refractivity contribution < 1.29 is 4.79 Å². The number of hydrogen-bond donors (Lipinski definition) is 1. The van der Waals surface area contributed by atoms with Crippen LogP contribution in [0.1, 0.15) is 45.1 Å². The molecular formula is C22H26N4O2. The van der Waals surface area contributed by atoms with Crippen molar-refractivity contribution in [3.05, 3.63) is 52.7 Å². The van der Waals surface area contributed by atoms with E-state index in [1.165, 1.54) is 0 Å². The van der Waals surface area contributed by atoms with E-state index in [1.807, 2.05) is 38.1 Å². The number of carbonyl (C=O) groups excluding carboxylic acids is 1. The van der Waals surface area contributed by atoms with Crippen molar-refractivity contribution in [2.45, 2.75) is 53.0 Å². The second kappa shape index (κ2) is 8.78. The van der Waals surface area contributed by atoms with Crippen molar-refractivity contribution in [2.75, 3.05) is 5.32 Å². The van der Waals surface area contributed by atoms with Crippen LogP contribution in [0.15, 0.2) is 41.6 Å². The molecule has 1 amide bonds. The Labute approximate surface area is 164 Å². The van der Waals surface area contributed by atoms with Crippen LogP contribution in [0.4, 0.5) is 5.82 Å². The first-order valence-electron chi connectivity index (χ1n) is 9.79. The standard InChI is InChI=1S/C22H26N4O2/c1-4-6-7-21(27)25-20-11-15(3)18(13-23-20)16-8-9-19-17(12-16)22(28)26(10-5-2)14-24-19/h8-9,11-14H,4-7,10H2,1-3H3,(H,23,25,27). The Morgan fingerprint density at radius 2 is 1.96 bits per heavy atom. The van der Waals surface area contributed by atoms with Crippen molar-refractivity contribution in [1.82, 2.24) is 14.5 Å². The van der Waals surface area contributed by atoms with Crippen molar-refractivity contribution in [2.24, 2.45) is 0 Å². The summed E-state index contributed by atoms with van der Waals surface area (Å²) in [7, 11) is 0. The monoisotopic (exact) mass is 378 g/mol. The minimum atomic E-state index is -0.0286. The zero-order valence-corrected chi connectivity index (χ0v) is 16.7. The molecule has 28 heavy (non-hydrogen) atoms. The highest BCUT2D eigenvalue weighted by Crippen LogP contribution is 2.26. The van der Waals surface area contributed by atoms with Gasteiger partial charge in [-0.25, -0.2) is 9.97 Å². The maximum Gasteiger partial charge on any atom is 0.261 e. The molecule has 0 fully saturated rings. The lowest BCUT2D eigenvalue weighted by atomic mass is 10.0. The van der Waals surface area contributed by atoms with Gasteiger partial charge in [-0.1, -0.05) is 26.3 Å². The molecule has 3 aromatic rings. The topological polar surface area (TPSA) is 76.9 Å². The van der Waals surface area contributed by atoms with Crippen LogP contribution in [0.3, 0.4) is 0 Å². The molecule has 3 rings (SSSR count). The van der Waals surface area contributed by atoms with Gasteiger partial charge in [-0.05, 0) is 49.1 Å². The highest BCUT2D eigenvalue weighted by Gasteiger charge is 2.10. The van der Waals surface area contributed by atoms with E-state index >= 15 is 0 Å². The van der Waals surface area contributed by atoms with E-state index in [1.54, 1.807) is 17.1 Å². The van der Waals surface area contributed by atoms with E-state index in [-0.39, 0.29) is 11.5 Å². The van der Waals surface area contributed by atoms with E-state index in [2.05, 4.69) is 22.2 Å². The van der Waals surface area contributed by atoms with Gasteiger partial charge < -0.3 is 5.32 Å². The molecule has 146 valence electrons. The normalized spacial score (nSPS) is 11.0. The van der Waals surface area contributed by atoms with E-state index in [9.17, 15) is 9.59 Å². The first kappa shape index (κ1) is 19.7. The third-order valence-electron chi connectivity index (χ3n) is 4.74. The van der Waals surface area contributed by atoms with Crippen molar-refractivity contribution in [1.29, 1.82) is 0 Å². The van der Waals surface area contributed by atoms with E-state index in [0.717, 1.165) is 36.0 Å². The van der Waals surface area contributed by atoms with Crippen LogP contribution in [0.5, 0.6) is 0 Å². The van der Waals surface area contributed by atoms with Crippen LogP contribution >= 0.6 is 0 Å². The number of pyridine rings is 1. The quantitative estimate of drug-likeness (QED) is 0.665. The number of benzene rings is 1. The van der Waals surface area contributed by atoms with E-state index in [0.29, 0.717) is 29.7 Å². The number of anilines is 1. The molecule has 0 aliphatic heterocycles. The minimum absolute atomic E-state index is 0.0187. The van der Waals surface area contributed by atoms with Gasteiger partial charge in [-0.3, -0.25) is 14.2 Å². The summed E-state index contributed by atoms with van der Waals surface area (Å²) in [5.41, 5.74) is 3.48. The van der Waals surface area contributed by atoms with Gasteiger partial charge in [0.2, 0.25) is 5.91 Å². The van der Waals surface area contributed by atoms with Crippen LogP contribution < -0.4 is 10.9 Å². The molecule has 1 N–H and O–H groups in total. The Balaban J connectivity index is 1.92. The summed E-state index contributed by atoms with van der Waals surface area (Å²) in [6.07, 6.45) is 6.57. The molecule has 0 saturated heterocycles. The smallest absolute Gasteiger partial charge is 0.261 e. The first-order chi connectivity index (χ1) is 13.5. The highest BCUT2D eigenvalue weighted by atomic mass is 16.1. The SMILES string of the molecule is CCCCC(=O)Nc1cc(C)c(-c2ccc3ncn(CCC)c(=O)c3c2)cn1. The number of aromatic nitrogens is 3. The molecule has 0 atom stereocenters. The molecule has 0 aliphatic carbocycles. The average Bonchev–Trinajstić information content (AvgIpc) is 2.69. The largest absolute Gasteiger partial charge is 0.311 e. The number of carbonyl (C=O) groups is 1. The summed E-state index contributed by atoms with van der Waals surface area (Å²) < 4.78 is 1.64. The summed E-state index contributed by atoms with van der Waals surface area (Å²) >= 11 is 0. The number of aryl methyl sites for hydroxylation is 2. The molecule has 0 radical (unpaired) electrons. The number of unbranched alkanes of at least 4 members (excludes halogenated alkanes) is 1. The van der Waals surface area contributed by atoms with Crippen molar-refractivity contribution in [3.63, 3.8) is 0 Å². The zero-order chi connectivity index (χ0) is 20.1. The predicted octanol–water partition coefficient (Wildman–Crippen LogP) is 4.31. The van der Waals surface area contributed by atoms with Gasteiger partial charge in [0.15, 0.2) is 0 Å². The fraction of sp³-hybridized carbons (Fsp3) is 0.364. The van der Waals surface area contributed by atoms with Gasteiger partial charge in [0.1, 0.15) is 5.82 Å². The van der Waals surface area contributed by atoms with Crippen LogP contribution in [-0.4, -0.2) is 20.4 Å². The van der Waals surface area contributed by atoms with Crippen LogP contribution in [0.25, 0.3) is 22.0 Å². The minimum Gasteiger partial charge on any atom is -0.311 e. The summed E-state index contributed by atoms with van der Waals surface area (Å²) in [5, 5.41) is 3.44. The molecule has 1 aromatic carbocycles. The molecule has 0 aliphatic rings. The Morgan fingerprint density at radius 1 is 1.14 bits per heavy atom. The maximum absolute atomic E-state index is 12.7. The number of hydrogen-bond acceptors (Lipinski definition) is 4. The summed E-state index contributed by atoms with van der Waals surface area (Å²) in [5.74, 6) is 0.532. The molecule has 0 unspecified atom stereocenters. The Hall–Kier alpha value is -3.02. The van der Waals surface area contributed by atoms with Gasteiger partial charge in [0, 0.05) is 24.7 Å².